The number of hydrogen-bond acceptors (Lipinski definition) is 4. The van der Waals surface area contributed by atoms with Crippen LogP contribution >= 0.6 is 11.8 Å². The molecule has 0 spiro atoms. The molecule has 1 unspecified atom stereocenters. The second-order valence-corrected chi connectivity index (χ2v) is 6.17. The number of thioether (sulfide) groups is 1. The summed E-state index contributed by atoms with van der Waals surface area (Å²) in [6, 6.07) is 13.9. The fraction of sp³-hybridized carbons (Fsp3) is 0.250. The van der Waals surface area contributed by atoms with E-state index in [0.29, 0.717) is 13.0 Å². The lowest BCUT2D eigenvalue weighted by molar-refractivity contribution is -0.122. The summed E-state index contributed by atoms with van der Waals surface area (Å²) in [5.41, 5.74) is 0.591. The monoisotopic (exact) mass is 315 g/mol. The first-order valence-corrected chi connectivity index (χ1v) is 8.18. The molecule has 3 N–H and O–H groups in total. The molecule has 2 aromatic carbocycles. The topological polar surface area (TPSA) is 70.2 Å². The molecule has 5 nitrogen and oxygen atoms in total. The number of rotatable bonds is 4. The maximum atomic E-state index is 12.0. The van der Waals surface area contributed by atoms with Gasteiger partial charge in [-0.2, -0.15) is 0 Å². The van der Waals surface area contributed by atoms with Crippen molar-refractivity contribution in [2.45, 2.75) is 11.9 Å². The Bertz CT molecular complexity index is 705. The summed E-state index contributed by atoms with van der Waals surface area (Å²) >= 11 is 1.38. The lowest BCUT2D eigenvalue weighted by Gasteiger charge is -2.23. The molecule has 0 saturated carbocycles. The van der Waals surface area contributed by atoms with Gasteiger partial charge in [-0.05, 0) is 22.9 Å². The first-order chi connectivity index (χ1) is 10.7. The number of fused-ring (bicyclic) bond motifs is 1. The zero-order chi connectivity index (χ0) is 15.4. The fourth-order valence-corrected chi connectivity index (χ4v) is 3.15. The first-order valence-electron chi connectivity index (χ1n) is 7.14. The van der Waals surface area contributed by atoms with Crippen LogP contribution in [-0.2, 0) is 9.59 Å². The summed E-state index contributed by atoms with van der Waals surface area (Å²) in [6.07, 6.45) is 0.486. The molecule has 1 aliphatic heterocycles. The van der Waals surface area contributed by atoms with E-state index in [1.807, 2.05) is 42.5 Å². The van der Waals surface area contributed by atoms with Gasteiger partial charge in [0.05, 0.1) is 5.75 Å². The Balaban J connectivity index is 1.55. The van der Waals surface area contributed by atoms with Crippen LogP contribution in [0, 0.1) is 0 Å². The van der Waals surface area contributed by atoms with Crippen molar-refractivity contribution < 1.29 is 9.59 Å². The molecule has 6 heteroatoms. The lowest BCUT2D eigenvalue weighted by atomic mass is 10.1. The van der Waals surface area contributed by atoms with Gasteiger partial charge in [0.15, 0.2) is 0 Å². The molecule has 1 saturated heterocycles. The number of nitrogens with one attached hydrogen (secondary N) is 3. The Kier molecular flexibility index (Phi) is 4.60. The minimum atomic E-state index is -0.191. The number of carbonyl (C=O) groups excluding carboxylic acids is 2. The van der Waals surface area contributed by atoms with Gasteiger partial charge in [-0.15, -0.1) is 11.8 Å². The molecule has 2 amide bonds. The molecule has 1 fully saturated rings. The molecular weight excluding hydrogens is 298 g/mol. The summed E-state index contributed by atoms with van der Waals surface area (Å²) in [7, 11) is 0. The van der Waals surface area contributed by atoms with Crippen molar-refractivity contribution in [1.82, 2.24) is 10.6 Å². The van der Waals surface area contributed by atoms with E-state index in [4.69, 9.17) is 0 Å². The van der Waals surface area contributed by atoms with E-state index >= 15 is 0 Å². The van der Waals surface area contributed by atoms with Crippen molar-refractivity contribution >= 4 is 40.0 Å². The van der Waals surface area contributed by atoms with Crippen LogP contribution in [0.2, 0.25) is 0 Å². The summed E-state index contributed by atoms with van der Waals surface area (Å²) in [5.74, 6) is 0.221. The molecular formula is C16H17N3O2S. The van der Waals surface area contributed by atoms with Crippen LogP contribution in [0.15, 0.2) is 42.5 Å². The third kappa shape index (κ3) is 3.78. The Hall–Kier alpha value is -2.05. The van der Waals surface area contributed by atoms with Gasteiger partial charge in [-0.25, -0.2) is 0 Å². The molecule has 1 heterocycles. The Morgan fingerprint density at radius 1 is 1.23 bits per heavy atom. The van der Waals surface area contributed by atoms with Crippen molar-refractivity contribution in [3.63, 3.8) is 0 Å². The van der Waals surface area contributed by atoms with Gasteiger partial charge in [0, 0.05) is 18.7 Å². The van der Waals surface area contributed by atoms with Crippen molar-refractivity contribution in [2.75, 3.05) is 17.6 Å². The minimum absolute atomic E-state index is 0.0196. The fourth-order valence-electron chi connectivity index (χ4n) is 2.31. The smallest absolute Gasteiger partial charge is 0.234 e. The van der Waals surface area contributed by atoms with Crippen LogP contribution in [0.25, 0.3) is 10.8 Å². The Morgan fingerprint density at radius 2 is 2.05 bits per heavy atom. The van der Waals surface area contributed by atoms with E-state index in [1.165, 1.54) is 11.8 Å². The van der Waals surface area contributed by atoms with Gasteiger partial charge in [0.25, 0.3) is 0 Å². The van der Waals surface area contributed by atoms with Crippen molar-refractivity contribution in [3.05, 3.63) is 42.5 Å². The normalized spacial score (nSPS) is 18.0. The zero-order valence-corrected chi connectivity index (χ0v) is 12.8. The van der Waals surface area contributed by atoms with Gasteiger partial charge < -0.3 is 10.6 Å². The van der Waals surface area contributed by atoms with Gasteiger partial charge in [-0.3, -0.25) is 14.9 Å². The second-order valence-electron chi connectivity index (χ2n) is 5.07. The SMILES string of the molecule is O=C(CSC1NCCC(=O)N1)Nc1ccc2ccccc2c1. The maximum absolute atomic E-state index is 12.0. The van der Waals surface area contributed by atoms with Gasteiger partial charge in [-0.1, -0.05) is 30.3 Å². The van der Waals surface area contributed by atoms with Crippen LogP contribution in [0.5, 0.6) is 0 Å². The molecule has 1 atom stereocenters. The summed E-state index contributed by atoms with van der Waals surface area (Å²) in [6.45, 7) is 0.649. The van der Waals surface area contributed by atoms with E-state index in [2.05, 4.69) is 16.0 Å². The Morgan fingerprint density at radius 3 is 2.86 bits per heavy atom. The number of benzene rings is 2. The molecule has 1 aliphatic rings. The quantitative estimate of drug-likeness (QED) is 0.806. The molecule has 0 bridgehead atoms. The average molecular weight is 315 g/mol. The number of anilines is 1. The predicted octanol–water partition coefficient (Wildman–Crippen LogP) is 1.90. The number of carbonyl (C=O) groups is 2. The highest BCUT2D eigenvalue weighted by atomic mass is 32.2. The summed E-state index contributed by atoms with van der Waals surface area (Å²) in [5, 5.41) is 11.1. The van der Waals surface area contributed by atoms with Crippen molar-refractivity contribution in [2.24, 2.45) is 0 Å². The van der Waals surface area contributed by atoms with Crippen LogP contribution in [-0.4, -0.2) is 29.6 Å². The molecule has 0 aliphatic carbocycles. The summed E-state index contributed by atoms with van der Waals surface area (Å²) < 4.78 is 0. The zero-order valence-electron chi connectivity index (χ0n) is 12.0. The molecule has 22 heavy (non-hydrogen) atoms. The van der Waals surface area contributed by atoms with Gasteiger partial charge in [0.2, 0.25) is 11.8 Å². The van der Waals surface area contributed by atoms with Crippen LogP contribution in [0.1, 0.15) is 6.42 Å². The van der Waals surface area contributed by atoms with Crippen LogP contribution in [0.3, 0.4) is 0 Å². The van der Waals surface area contributed by atoms with Crippen LogP contribution < -0.4 is 16.0 Å². The summed E-state index contributed by atoms with van der Waals surface area (Å²) in [4.78, 5) is 23.3. The highest BCUT2D eigenvalue weighted by Gasteiger charge is 2.18. The van der Waals surface area contributed by atoms with Crippen LogP contribution in [0.4, 0.5) is 5.69 Å². The molecule has 2 aromatic rings. The standard InChI is InChI=1S/C16H17N3O2S/c20-14-7-8-17-16(19-14)22-10-15(21)18-13-6-5-11-3-1-2-4-12(11)9-13/h1-6,9,16-17H,7-8,10H2,(H,18,21)(H,19,20). The van der Waals surface area contributed by atoms with E-state index in [-0.39, 0.29) is 23.1 Å². The highest BCUT2D eigenvalue weighted by Crippen LogP contribution is 2.19. The second kappa shape index (κ2) is 6.81. The Labute approximate surface area is 132 Å². The predicted molar refractivity (Wildman–Crippen MR) is 89.6 cm³/mol. The van der Waals surface area contributed by atoms with Gasteiger partial charge >= 0.3 is 0 Å². The molecule has 0 radical (unpaired) electrons. The van der Waals surface area contributed by atoms with Gasteiger partial charge in [0.1, 0.15) is 5.50 Å². The minimum Gasteiger partial charge on any atom is -0.332 e. The van der Waals surface area contributed by atoms with E-state index in [0.717, 1.165) is 16.5 Å². The lowest BCUT2D eigenvalue weighted by Crippen LogP contribution is -2.49. The van der Waals surface area contributed by atoms with E-state index in [1.54, 1.807) is 0 Å². The largest absolute Gasteiger partial charge is 0.332 e. The van der Waals surface area contributed by atoms with E-state index < -0.39 is 0 Å². The third-order valence-corrected chi connectivity index (χ3v) is 4.43. The molecule has 114 valence electrons. The maximum Gasteiger partial charge on any atom is 0.234 e. The molecule has 0 aromatic heterocycles. The molecule has 3 rings (SSSR count). The average Bonchev–Trinajstić information content (AvgIpc) is 2.53. The first kappa shape index (κ1) is 14.9. The van der Waals surface area contributed by atoms with Crippen molar-refractivity contribution in [1.29, 1.82) is 0 Å². The highest BCUT2D eigenvalue weighted by molar-refractivity contribution is 8.00. The van der Waals surface area contributed by atoms with E-state index in [9.17, 15) is 9.59 Å². The van der Waals surface area contributed by atoms with Crippen molar-refractivity contribution in [3.8, 4) is 0 Å². The third-order valence-electron chi connectivity index (χ3n) is 3.39. The number of hydrogen-bond donors (Lipinski definition) is 3. The number of amides is 2.